The first-order valence-corrected chi connectivity index (χ1v) is 9.37. The maximum atomic E-state index is 12.0. The Balaban J connectivity index is 1.60. The van der Waals surface area contributed by atoms with Crippen LogP contribution in [0.15, 0.2) is 41.0 Å². The molecule has 0 unspecified atom stereocenters. The first kappa shape index (κ1) is 18.7. The van der Waals surface area contributed by atoms with Crippen LogP contribution in [0.5, 0.6) is 5.75 Å². The molecule has 0 amide bonds. The summed E-state index contributed by atoms with van der Waals surface area (Å²) in [5.74, 6) is 0.604. The van der Waals surface area contributed by atoms with Crippen molar-refractivity contribution in [3.05, 3.63) is 52.1 Å². The van der Waals surface area contributed by atoms with Crippen molar-refractivity contribution in [2.24, 2.45) is 0 Å². The molecule has 0 saturated carbocycles. The number of nitrogens with zero attached hydrogens (tertiary/aromatic N) is 2. The van der Waals surface area contributed by atoms with Crippen LogP contribution in [-0.2, 0) is 11.3 Å². The molecule has 0 aliphatic carbocycles. The lowest BCUT2D eigenvalue weighted by molar-refractivity contribution is 0.0601. The standard InChI is InChI=1S/C19H22BrN3O3/c1-26-19(25)16-10-14(20)12-22-18(16)23-8-6-15(7-9-23)21-11-13-4-2-3-5-17(13)24/h2-5,10,12,15,21,24H,6-9,11H2,1H3. The zero-order valence-corrected chi connectivity index (χ0v) is 16.2. The highest BCUT2D eigenvalue weighted by molar-refractivity contribution is 9.10. The first-order valence-electron chi connectivity index (χ1n) is 8.57. The van der Waals surface area contributed by atoms with Crippen molar-refractivity contribution in [1.82, 2.24) is 10.3 Å². The summed E-state index contributed by atoms with van der Waals surface area (Å²) in [6.45, 7) is 2.25. The molecule has 6 nitrogen and oxygen atoms in total. The number of carbonyl (C=O) groups excluding carboxylic acids is 1. The van der Waals surface area contributed by atoms with E-state index in [0.29, 0.717) is 29.7 Å². The van der Waals surface area contributed by atoms with Gasteiger partial charge in [0.15, 0.2) is 0 Å². The van der Waals surface area contributed by atoms with E-state index in [1.165, 1.54) is 7.11 Å². The average molecular weight is 420 g/mol. The van der Waals surface area contributed by atoms with E-state index >= 15 is 0 Å². The van der Waals surface area contributed by atoms with E-state index in [1.54, 1.807) is 18.3 Å². The second-order valence-corrected chi connectivity index (χ2v) is 7.20. The molecule has 2 N–H and O–H groups in total. The number of anilines is 1. The fraction of sp³-hybridized carbons (Fsp3) is 0.368. The normalized spacial score (nSPS) is 15.1. The summed E-state index contributed by atoms with van der Waals surface area (Å²) in [5.41, 5.74) is 1.37. The van der Waals surface area contributed by atoms with Gasteiger partial charge in [-0.05, 0) is 40.9 Å². The van der Waals surface area contributed by atoms with E-state index < -0.39 is 0 Å². The van der Waals surface area contributed by atoms with Crippen LogP contribution in [0.25, 0.3) is 0 Å². The van der Waals surface area contributed by atoms with Gasteiger partial charge in [0.1, 0.15) is 17.1 Å². The van der Waals surface area contributed by atoms with Gasteiger partial charge in [-0.3, -0.25) is 0 Å². The number of esters is 1. The van der Waals surface area contributed by atoms with E-state index in [-0.39, 0.29) is 5.97 Å². The molecule has 3 rings (SSSR count). The molecule has 1 aliphatic heterocycles. The number of nitrogens with one attached hydrogen (secondary N) is 1. The number of aromatic nitrogens is 1. The lowest BCUT2D eigenvalue weighted by Crippen LogP contribution is -2.43. The van der Waals surface area contributed by atoms with Crippen molar-refractivity contribution in [1.29, 1.82) is 0 Å². The zero-order chi connectivity index (χ0) is 18.5. The van der Waals surface area contributed by atoms with Crippen molar-refractivity contribution in [2.75, 3.05) is 25.1 Å². The Hall–Kier alpha value is -2.12. The van der Waals surface area contributed by atoms with Crippen molar-refractivity contribution >= 4 is 27.7 Å². The number of aromatic hydroxyl groups is 1. The topological polar surface area (TPSA) is 74.7 Å². The summed E-state index contributed by atoms with van der Waals surface area (Å²) >= 11 is 3.36. The summed E-state index contributed by atoms with van der Waals surface area (Å²) in [7, 11) is 1.38. The number of hydrogen-bond donors (Lipinski definition) is 2. The monoisotopic (exact) mass is 419 g/mol. The summed E-state index contributed by atoms with van der Waals surface area (Å²) in [6, 6.07) is 9.48. The van der Waals surface area contributed by atoms with E-state index in [2.05, 4.69) is 31.1 Å². The van der Waals surface area contributed by atoms with Crippen molar-refractivity contribution in [2.45, 2.75) is 25.4 Å². The lowest BCUT2D eigenvalue weighted by atomic mass is 10.0. The summed E-state index contributed by atoms with van der Waals surface area (Å²) in [4.78, 5) is 18.6. The van der Waals surface area contributed by atoms with Crippen LogP contribution in [0, 0.1) is 0 Å². The first-order chi connectivity index (χ1) is 12.6. The van der Waals surface area contributed by atoms with E-state index in [1.807, 2.05) is 18.2 Å². The van der Waals surface area contributed by atoms with E-state index in [4.69, 9.17) is 4.74 Å². The van der Waals surface area contributed by atoms with Crippen LogP contribution in [0.3, 0.4) is 0 Å². The highest BCUT2D eigenvalue weighted by Crippen LogP contribution is 2.25. The highest BCUT2D eigenvalue weighted by Gasteiger charge is 2.24. The predicted octanol–water partition coefficient (Wildman–Crippen LogP) is 3.09. The Morgan fingerprint density at radius 1 is 1.38 bits per heavy atom. The number of halogens is 1. The SMILES string of the molecule is COC(=O)c1cc(Br)cnc1N1CCC(NCc2ccccc2O)CC1. The molecular weight excluding hydrogens is 398 g/mol. The molecule has 1 aromatic carbocycles. The number of para-hydroxylation sites is 1. The second kappa shape index (κ2) is 8.51. The van der Waals surface area contributed by atoms with Crippen LogP contribution in [0.4, 0.5) is 5.82 Å². The number of benzene rings is 1. The second-order valence-electron chi connectivity index (χ2n) is 6.29. The number of piperidine rings is 1. The van der Waals surface area contributed by atoms with Crippen LogP contribution in [0.2, 0.25) is 0 Å². The molecule has 0 atom stereocenters. The van der Waals surface area contributed by atoms with Crippen LogP contribution < -0.4 is 10.2 Å². The Bertz CT molecular complexity index is 776. The number of phenols is 1. The third-order valence-electron chi connectivity index (χ3n) is 4.61. The zero-order valence-electron chi connectivity index (χ0n) is 14.6. The maximum absolute atomic E-state index is 12.0. The summed E-state index contributed by atoms with van der Waals surface area (Å²) in [6.07, 6.45) is 3.57. The molecule has 0 spiro atoms. The van der Waals surface area contributed by atoms with Gasteiger partial charge in [0.05, 0.1) is 7.11 Å². The molecule has 7 heteroatoms. The van der Waals surface area contributed by atoms with Crippen LogP contribution in [0.1, 0.15) is 28.8 Å². The fourth-order valence-electron chi connectivity index (χ4n) is 3.15. The van der Waals surface area contributed by atoms with Gasteiger partial charge in [0, 0.05) is 41.9 Å². The fourth-order valence-corrected chi connectivity index (χ4v) is 3.49. The van der Waals surface area contributed by atoms with Crippen LogP contribution >= 0.6 is 15.9 Å². The minimum absolute atomic E-state index is 0.319. The predicted molar refractivity (Wildman–Crippen MR) is 103 cm³/mol. The Morgan fingerprint density at radius 3 is 2.81 bits per heavy atom. The maximum Gasteiger partial charge on any atom is 0.341 e. The Kier molecular flexibility index (Phi) is 6.11. The number of carbonyl (C=O) groups is 1. The van der Waals surface area contributed by atoms with Crippen molar-refractivity contribution in [3.63, 3.8) is 0 Å². The summed E-state index contributed by atoms with van der Waals surface area (Å²) in [5, 5.41) is 13.4. The third-order valence-corrected chi connectivity index (χ3v) is 5.04. The van der Waals surface area contributed by atoms with E-state index in [0.717, 1.165) is 36.0 Å². The molecule has 0 radical (unpaired) electrons. The molecule has 1 aromatic heterocycles. The smallest absolute Gasteiger partial charge is 0.341 e. The number of phenolic OH excluding ortho intramolecular Hbond substituents is 1. The molecule has 1 fully saturated rings. The highest BCUT2D eigenvalue weighted by atomic mass is 79.9. The molecule has 1 saturated heterocycles. The Morgan fingerprint density at radius 2 is 2.12 bits per heavy atom. The lowest BCUT2D eigenvalue weighted by Gasteiger charge is -2.34. The van der Waals surface area contributed by atoms with Gasteiger partial charge in [-0.15, -0.1) is 0 Å². The van der Waals surface area contributed by atoms with Gasteiger partial charge in [-0.25, -0.2) is 9.78 Å². The minimum Gasteiger partial charge on any atom is -0.508 e. The van der Waals surface area contributed by atoms with Gasteiger partial charge in [0.2, 0.25) is 0 Å². The van der Waals surface area contributed by atoms with Crippen molar-refractivity contribution < 1.29 is 14.6 Å². The summed E-state index contributed by atoms with van der Waals surface area (Å²) < 4.78 is 5.63. The largest absolute Gasteiger partial charge is 0.508 e. The third kappa shape index (κ3) is 4.34. The molecule has 26 heavy (non-hydrogen) atoms. The van der Waals surface area contributed by atoms with E-state index in [9.17, 15) is 9.90 Å². The molecule has 1 aliphatic rings. The van der Waals surface area contributed by atoms with Gasteiger partial charge in [-0.1, -0.05) is 18.2 Å². The quantitative estimate of drug-likeness (QED) is 0.725. The number of methoxy groups -OCH3 is 1. The Labute approximate surface area is 161 Å². The van der Waals surface area contributed by atoms with Gasteiger partial charge in [0.25, 0.3) is 0 Å². The number of hydrogen-bond acceptors (Lipinski definition) is 6. The van der Waals surface area contributed by atoms with Crippen LogP contribution in [-0.4, -0.2) is 42.3 Å². The molecule has 2 heterocycles. The van der Waals surface area contributed by atoms with Gasteiger partial charge < -0.3 is 20.1 Å². The molecular formula is C19H22BrN3O3. The molecule has 0 bridgehead atoms. The number of ether oxygens (including phenoxy) is 1. The number of pyridine rings is 1. The molecule has 2 aromatic rings. The number of rotatable bonds is 5. The van der Waals surface area contributed by atoms with Crippen molar-refractivity contribution in [3.8, 4) is 5.75 Å². The minimum atomic E-state index is -0.381. The molecule has 138 valence electrons. The average Bonchev–Trinajstić information content (AvgIpc) is 2.67. The van der Waals surface area contributed by atoms with Gasteiger partial charge in [-0.2, -0.15) is 0 Å². The van der Waals surface area contributed by atoms with Gasteiger partial charge >= 0.3 is 5.97 Å².